The molecule has 0 aromatic rings. The van der Waals surface area contributed by atoms with E-state index in [4.69, 9.17) is 20.5 Å². The van der Waals surface area contributed by atoms with Gasteiger partial charge in [-0.15, -0.1) is 0 Å². The minimum atomic E-state index is -4.96. The molecule has 10 heteroatoms. The van der Waals surface area contributed by atoms with Gasteiger partial charge in [-0.05, 0) is 0 Å². The summed E-state index contributed by atoms with van der Waals surface area (Å²) in [6.07, 6.45) is -5.55. The first-order valence-corrected chi connectivity index (χ1v) is 5.43. The van der Waals surface area contributed by atoms with Crippen molar-refractivity contribution < 1.29 is 37.3 Å². The van der Waals surface area contributed by atoms with Crippen LogP contribution in [0.2, 0.25) is 0 Å². The zero-order valence-electron chi connectivity index (χ0n) is 8.00. The summed E-state index contributed by atoms with van der Waals surface area (Å²) in [6.45, 7) is -0.905. The van der Waals surface area contributed by atoms with Gasteiger partial charge >= 0.3 is 10.4 Å². The van der Waals surface area contributed by atoms with Gasteiger partial charge in [-0.1, -0.05) is 0 Å². The summed E-state index contributed by atoms with van der Waals surface area (Å²) in [7, 11) is -4.96. The van der Waals surface area contributed by atoms with E-state index in [1.54, 1.807) is 0 Å². The molecule has 0 heterocycles. The fourth-order valence-electron chi connectivity index (χ4n) is 0.894. The number of carbonyl (C=O) groups is 1. The predicted molar refractivity (Wildman–Crippen MR) is 49.6 cm³/mol. The Bertz CT molecular complexity index is 316. The summed E-state index contributed by atoms with van der Waals surface area (Å²) >= 11 is 0. The average molecular weight is 259 g/mol. The maximum Gasteiger partial charge on any atom is 0.397 e. The third-order valence-corrected chi connectivity index (χ3v) is 2.15. The monoisotopic (exact) mass is 259 g/mol. The Labute approximate surface area is 91.4 Å². The Kier molecular flexibility index (Phi) is 5.96. The Balaban J connectivity index is 4.87. The van der Waals surface area contributed by atoms with Gasteiger partial charge < -0.3 is 25.8 Å². The van der Waals surface area contributed by atoms with Crippen molar-refractivity contribution in [3.63, 3.8) is 0 Å². The molecule has 96 valence electrons. The molecule has 0 bridgehead atoms. The molecule has 0 aliphatic heterocycles. The van der Waals surface area contributed by atoms with E-state index in [0.717, 1.165) is 0 Å². The molecular formula is C6H13NO8S. The second-order valence-electron chi connectivity index (χ2n) is 2.94. The molecule has 9 nitrogen and oxygen atoms in total. The molecule has 0 spiro atoms. The lowest BCUT2D eigenvalue weighted by atomic mass is 10.0. The predicted octanol–water partition coefficient (Wildman–Crippen LogP) is -3.59. The van der Waals surface area contributed by atoms with E-state index in [9.17, 15) is 18.3 Å². The van der Waals surface area contributed by atoms with E-state index < -0.39 is 41.4 Å². The number of carbonyl (C=O) groups excluding carboxylic acids is 1. The van der Waals surface area contributed by atoms with Gasteiger partial charge in [-0.25, -0.2) is 4.18 Å². The molecule has 16 heavy (non-hydrogen) atoms. The molecule has 0 amide bonds. The van der Waals surface area contributed by atoms with Crippen LogP contribution in [-0.4, -0.2) is 65.5 Å². The van der Waals surface area contributed by atoms with E-state index in [1.165, 1.54) is 0 Å². The fraction of sp³-hybridized carbons (Fsp3) is 0.833. The van der Waals surface area contributed by atoms with Crippen molar-refractivity contribution in [2.75, 3.05) is 6.61 Å². The second kappa shape index (κ2) is 6.20. The number of hydrogen-bond acceptors (Lipinski definition) is 8. The number of nitrogens with two attached hydrogens (primary N) is 1. The standard InChI is InChI=1S/C6H13NO8S/c7-3(1-8)6(15-16(12,13)14)5(11)4(10)2-9/h1,3-6,9-11H,2,7H2,(H,12,13,14)/t3-,4+,5-,6+/m0/s1. The highest BCUT2D eigenvalue weighted by atomic mass is 32.3. The zero-order chi connectivity index (χ0) is 12.9. The Morgan fingerprint density at radius 3 is 2.19 bits per heavy atom. The summed E-state index contributed by atoms with van der Waals surface area (Å²) in [4.78, 5) is 10.3. The van der Waals surface area contributed by atoms with E-state index in [0.29, 0.717) is 0 Å². The third kappa shape index (κ3) is 4.94. The highest BCUT2D eigenvalue weighted by Crippen LogP contribution is 2.09. The van der Waals surface area contributed by atoms with E-state index in [2.05, 4.69) is 4.18 Å². The maximum atomic E-state index is 10.4. The van der Waals surface area contributed by atoms with Gasteiger partial charge in [0, 0.05) is 0 Å². The highest BCUT2D eigenvalue weighted by Gasteiger charge is 2.35. The maximum absolute atomic E-state index is 10.4. The van der Waals surface area contributed by atoms with Crippen LogP contribution in [0.1, 0.15) is 0 Å². The molecule has 0 aliphatic rings. The van der Waals surface area contributed by atoms with E-state index >= 15 is 0 Å². The van der Waals surface area contributed by atoms with Crippen LogP contribution in [0.15, 0.2) is 0 Å². The van der Waals surface area contributed by atoms with Crippen molar-refractivity contribution in [1.29, 1.82) is 0 Å². The van der Waals surface area contributed by atoms with Gasteiger partial charge in [0.15, 0.2) is 0 Å². The van der Waals surface area contributed by atoms with Crippen LogP contribution in [0.3, 0.4) is 0 Å². The summed E-state index contributed by atoms with van der Waals surface area (Å²) in [5, 5.41) is 26.8. The molecule has 0 aromatic heterocycles. The van der Waals surface area contributed by atoms with E-state index in [-0.39, 0.29) is 6.29 Å². The minimum absolute atomic E-state index is 0.0587. The smallest absolute Gasteiger partial charge is 0.394 e. The minimum Gasteiger partial charge on any atom is -0.394 e. The first-order chi connectivity index (χ1) is 7.22. The Hall–Kier alpha value is -0.620. The Morgan fingerprint density at radius 1 is 1.38 bits per heavy atom. The summed E-state index contributed by atoms with van der Waals surface area (Å²) in [6, 6.07) is -1.60. The molecule has 0 rings (SSSR count). The lowest BCUT2D eigenvalue weighted by Gasteiger charge is -2.26. The number of rotatable bonds is 7. The molecule has 0 unspecified atom stereocenters. The van der Waals surface area contributed by atoms with Gasteiger partial charge in [-0.2, -0.15) is 8.42 Å². The SMILES string of the molecule is N[C@@H](C=O)[C@@H](OS(=O)(=O)O)[C@@H](O)[C@H](O)CO. The molecule has 0 saturated heterocycles. The topological polar surface area (TPSA) is 167 Å². The van der Waals surface area contributed by atoms with E-state index in [1.807, 2.05) is 0 Å². The van der Waals surface area contributed by atoms with Gasteiger partial charge in [0.1, 0.15) is 24.6 Å². The van der Waals surface area contributed by atoms with Crippen LogP contribution < -0.4 is 5.73 Å². The molecule has 0 saturated carbocycles. The lowest BCUT2D eigenvalue weighted by Crippen LogP contribution is -2.52. The summed E-state index contributed by atoms with van der Waals surface area (Å²) in [5.74, 6) is 0. The largest absolute Gasteiger partial charge is 0.397 e. The lowest BCUT2D eigenvalue weighted by molar-refractivity contribution is -0.116. The van der Waals surface area contributed by atoms with Crippen LogP contribution >= 0.6 is 0 Å². The molecule has 6 N–H and O–H groups in total. The summed E-state index contributed by atoms with van der Waals surface area (Å²) < 4.78 is 33.1. The van der Waals surface area contributed by atoms with Crippen LogP contribution in [0.4, 0.5) is 0 Å². The molecule has 0 aromatic carbocycles. The molecule has 0 fully saturated rings. The number of hydrogen-bond donors (Lipinski definition) is 5. The van der Waals surface area contributed by atoms with Crippen LogP contribution in [0.25, 0.3) is 0 Å². The van der Waals surface area contributed by atoms with Crippen molar-refractivity contribution in [1.82, 2.24) is 0 Å². The van der Waals surface area contributed by atoms with Crippen LogP contribution in [0, 0.1) is 0 Å². The second-order valence-corrected chi connectivity index (χ2v) is 3.99. The zero-order valence-corrected chi connectivity index (χ0v) is 8.82. The first-order valence-electron chi connectivity index (χ1n) is 4.06. The van der Waals surface area contributed by atoms with Crippen molar-refractivity contribution in [2.45, 2.75) is 24.4 Å². The first kappa shape index (κ1) is 15.4. The summed E-state index contributed by atoms with van der Waals surface area (Å²) in [5.41, 5.74) is 5.10. The van der Waals surface area contributed by atoms with Crippen LogP contribution in [0.5, 0.6) is 0 Å². The molecule has 0 aliphatic carbocycles. The fourth-order valence-corrected chi connectivity index (χ4v) is 1.42. The van der Waals surface area contributed by atoms with Crippen molar-refractivity contribution in [3.8, 4) is 0 Å². The number of aliphatic hydroxyl groups excluding tert-OH is 3. The third-order valence-electron chi connectivity index (χ3n) is 1.69. The van der Waals surface area contributed by atoms with Crippen LogP contribution in [-0.2, 0) is 19.4 Å². The molecule has 4 atom stereocenters. The van der Waals surface area contributed by atoms with Gasteiger partial charge in [-0.3, -0.25) is 4.55 Å². The van der Waals surface area contributed by atoms with Gasteiger partial charge in [0.25, 0.3) is 0 Å². The van der Waals surface area contributed by atoms with Crippen molar-refractivity contribution in [2.24, 2.45) is 5.73 Å². The molecule has 0 radical (unpaired) electrons. The number of aldehydes is 1. The van der Waals surface area contributed by atoms with Crippen molar-refractivity contribution >= 4 is 16.7 Å². The van der Waals surface area contributed by atoms with Gasteiger partial charge in [0.2, 0.25) is 0 Å². The van der Waals surface area contributed by atoms with Crippen molar-refractivity contribution in [3.05, 3.63) is 0 Å². The number of aliphatic hydroxyl groups is 3. The molecular weight excluding hydrogens is 246 g/mol. The quantitative estimate of drug-likeness (QED) is 0.229. The highest BCUT2D eigenvalue weighted by molar-refractivity contribution is 7.80. The Morgan fingerprint density at radius 2 is 1.88 bits per heavy atom. The average Bonchev–Trinajstić information content (AvgIpc) is 2.21. The van der Waals surface area contributed by atoms with Gasteiger partial charge in [0.05, 0.1) is 12.6 Å². The normalized spacial score (nSPS) is 19.8.